The summed E-state index contributed by atoms with van der Waals surface area (Å²) in [4.78, 5) is 42.0. The van der Waals surface area contributed by atoms with Crippen LogP contribution in [-0.4, -0.2) is 29.3 Å². The zero-order valence-electron chi connectivity index (χ0n) is 17.4. The number of esters is 1. The van der Waals surface area contributed by atoms with Crippen LogP contribution >= 0.6 is 22.9 Å². The van der Waals surface area contributed by atoms with Crippen molar-refractivity contribution in [3.63, 3.8) is 0 Å². The lowest BCUT2D eigenvalue weighted by atomic mass is 10.2. The van der Waals surface area contributed by atoms with Gasteiger partial charge >= 0.3 is 5.97 Å². The van der Waals surface area contributed by atoms with Gasteiger partial charge in [-0.05, 0) is 42.8 Å². The van der Waals surface area contributed by atoms with E-state index in [1.807, 2.05) is 30.3 Å². The molecule has 0 saturated heterocycles. The van der Waals surface area contributed by atoms with E-state index in [4.69, 9.17) is 16.3 Å². The number of carbonyl (C=O) groups is 3. The van der Waals surface area contributed by atoms with Crippen LogP contribution in [-0.2, 0) is 20.9 Å². The first-order chi connectivity index (χ1) is 15.4. The van der Waals surface area contributed by atoms with Crippen molar-refractivity contribution in [3.8, 4) is 0 Å². The molecule has 2 aromatic carbocycles. The highest BCUT2D eigenvalue weighted by Crippen LogP contribution is 2.28. The molecule has 0 aliphatic heterocycles. The number of amides is 2. The standard InChI is InChI=1S/C23H22ClN3O4S/c1-16(28)27(20-6-3-2-4-7-20)23-26-19(15-32-23)14-31-21(29)8-5-13-25-22(30)17-9-11-18(24)12-10-17/h2-4,6-7,9-12,15H,5,8,13-14H2,1H3,(H,25,30). The number of hydrogen-bond acceptors (Lipinski definition) is 6. The average Bonchev–Trinajstić information content (AvgIpc) is 3.24. The predicted molar refractivity (Wildman–Crippen MR) is 124 cm³/mol. The van der Waals surface area contributed by atoms with Gasteiger partial charge in [0.2, 0.25) is 5.91 Å². The molecule has 166 valence electrons. The molecule has 1 N–H and O–H groups in total. The summed E-state index contributed by atoms with van der Waals surface area (Å²) >= 11 is 7.11. The summed E-state index contributed by atoms with van der Waals surface area (Å²) in [5, 5.41) is 5.58. The van der Waals surface area contributed by atoms with E-state index in [2.05, 4.69) is 10.3 Å². The van der Waals surface area contributed by atoms with Crippen LogP contribution in [0.15, 0.2) is 60.0 Å². The molecule has 32 heavy (non-hydrogen) atoms. The van der Waals surface area contributed by atoms with Crippen LogP contribution in [0, 0.1) is 0 Å². The molecule has 0 radical (unpaired) electrons. The normalized spacial score (nSPS) is 10.4. The highest BCUT2D eigenvalue weighted by Gasteiger charge is 2.18. The van der Waals surface area contributed by atoms with Crippen molar-refractivity contribution in [1.82, 2.24) is 10.3 Å². The molecule has 0 aliphatic rings. The van der Waals surface area contributed by atoms with Crippen molar-refractivity contribution in [3.05, 3.63) is 76.3 Å². The molecule has 0 spiro atoms. The highest BCUT2D eigenvalue weighted by atomic mass is 35.5. The van der Waals surface area contributed by atoms with E-state index in [-0.39, 0.29) is 30.8 Å². The topological polar surface area (TPSA) is 88.6 Å². The van der Waals surface area contributed by atoms with Crippen molar-refractivity contribution < 1.29 is 19.1 Å². The molecule has 0 unspecified atom stereocenters. The number of nitrogens with zero attached hydrogens (tertiary/aromatic N) is 2. The number of aromatic nitrogens is 1. The van der Waals surface area contributed by atoms with E-state index >= 15 is 0 Å². The molecule has 9 heteroatoms. The van der Waals surface area contributed by atoms with E-state index in [0.717, 1.165) is 5.69 Å². The maximum atomic E-state index is 12.1. The number of carbonyl (C=O) groups excluding carboxylic acids is 3. The number of halogens is 1. The minimum absolute atomic E-state index is 0.0208. The highest BCUT2D eigenvalue weighted by molar-refractivity contribution is 7.14. The van der Waals surface area contributed by atoms with Gasteiger partial charge in [-0.2, -0.15) is 0 Å². The Morgan fingerprint density at radius 3 is 2.50 bits per heavy atom. The number of rotatable bonds is 9. The lowest BCUT2D eigenvalue weighted by Crippen LogP contribution is -2.25. The third-order valence-corrected chi connectivity index (χ3v) is 5.52. The molecule has 0 atom stereocenters. The molecule has 2 amide bonds. The van der Waals surface area contributed by atoms with Crippen LogP contribution in [0.1, 0.15) is 35.8 Å². The van der Waals surface area contributed by atoms with Crippen LogP contribution in [0.25, 0.3) is 0 Å². The smallest absolute Gasteiger partial charge is 0.306 e. The number of ether oxygens (including phenoxy) is 1. The summed E-state index contributed by atoms with van der Waals surface area (Å²) in [7, 11) is 0. The molecular formula is C23H22ClN3O4S. The molecule has 1 aromatic heterocycles. The summed E-state index contributed by atoms with van der Waals surface area (Å²) in [5.74, 6) is -0.764. The lowest BCUT2D eigenvalue weighted by Gasteiger charge is -2.17. The van der Waals surface area contributed by atoms with Gasteiger partial charge in [-0.25, -0.2) is 4.98 Å². The number of para-hydroxylation sites is 1. The predicted octanol–water partition coefficient (Wildman–Crippen LogP) is 4.73. The fraction of sp³-hybridized carbons (Fsp3) is 0.217. The second-order valence-electron chi connectivity index (χ2n) is 6.84. The molecule has 0 bridgehead atoms. The zero-order chi connectivity index (χ0) is 22.9. The Balaban J connectivity index is 1.42. The Bertz CT molecular complexity index is 1070. The van der Waals surface area contributed by atoms with Crippen molar-refractivity contribution in [2.45, 2.75) is 26.4 Å². The molecule has 3 aromatic rings. The summed E-state index contributed by atoms with van der Waals surface area (Å²) in [6.07, 6.45) is 0.619. The number of nitrogens with one attached hydrogen (secondary N) is 1. The Labute approximate surface area is 195 Å². The van der Waals surface area contributed by atoms with Crippen LogP contribution in [0.2, 0.25) is 5.02 Å². The van der Waals surface area contributed by atoms with Crippen molar-refractivity contribution in [2.24, 2.45) is 0 Å². The van der Waals surface area contributed by atoms with E-state index in [1.165, 1.54) is 23.2 Å². The van der Waals surface area contributed by atoms with Gasteiger partial charge < -0.3 is 10.1 Å². The lowest BCUT2D eigenvalue weighted by molar-refractivity contribution is -0.145. The molecule has 0 saturated carbocycles. The molecule has 3 rings (SSSR count). The number of benzene rings is 2. The van der Waals surface area contributed by atoms with Gasteiger partial charge in [0.05, 0.1) is 11.4 Å². The maximum Gasteiger partial charge on any atom is 0.306 e. The fourth-order valence-electron chi connectivity index (χ4n) is 2.83. The van der Waals surface area contributed by atoms with Gasteiger partial charge in [0.25, 0.3) is 5.91 Å². The van der Waals surface area contributed by atoms with Crippen molar-refractivity contribution in [2.75, 3.05) is 11.4 Å². The van der Waals surface area contributed by atoms with E-state index < -0.39 is 0 Å². The van der Waals surface area contributed by atoms with Gasteiger partial charge in [-0.15, -0.1) is 11.3 Å². The van der Waals surface area contributed by atoms with Crippen molar-refractivity contribution in [1.29, 1.82) is 0 Å². The van der Waals surface area contributed by atoms with Crippen LogP contribution in [0.5, 0.6) is 0 Å². The zero-order valence-corrected chi connectivity index (χ0v) is 19.0. The fourth-order valence-corrected chi connectivity index (χ4v) is 3.83. The summed E-state index contributed by atoms with van der Waals surface area (Å²) in [5.41, 5.74) is 1.79. The summed E-state index contributed by atoms with van der Waals surface area (Å²) < 4.78 is 5.27. The van der Waals surface area contributed by atoms with Gasteiger partial charge in [-0.3, -0.25) is 19.3 Å². The molecule has 0 aliphatic carbocycles. The second kappa shape index (κ2) is 11.4. The summed E-state index contributed by atoms with van der Waals surface area (Å²) in [6, 6.07) is 15.8. The maximum absolute atomic E-state index is 12.1. The third-order valence-electron chi connectivity index (χ3n) is 4.39. The van der Waals surface area contributed by atoms with Gasteiger partial charge in [0, 0.05) is 35.9 Å². The number of thiazole rings is 1. The Kier molecular flexibility index (Phi) is 8.35. The van der Waals surface area contributed by atoms with Gasteiger partial charge in [-0.1, -0.05) is 29.8 Å². The monoisotopic (exact) mass is 471 g/mol. The second-order valence-corrected chi connectivity index (χ2v) is 8.11. The Hall–Kier alpha value is -3.23. The first kappa shape index (κ1) is 23.4. The number of hydrogen-bond donors (Lipinski definition) is 1. The third kappa shape index (κ3) is 6.63. The Morgan fingerprint density at radius 2 is 1.81 bits per heavy atom. The van der Waals surface area contributed by atoms with E-state index in [9.17, 15) is 14.4 Å². The Morgan fingerprint density at radius 1 is 1.09 bits per heavy atom. The quantitative estimate of drug-likeness (QED) is 0.360. The summed E-state index contributed by atoms with van der Waals surface area (Å²) in [6.45, 7) is 1.84. The van der Waals surface area contributed by atoms with Crippen LogP contribution < -0.4 is 10.2 Å². The largest absolute Gasteiger partial charge is 0.459 e. The minimum atomic E-state index is -0.383. The number of anilines is 2. The first-order valence-corrected chi connectivity index (χ1v) is 11.2. The van der Waals surface area contributed by atoms with Gasteiger partial charge in [0.15, 0.2) is 5.13 Å². The van der Waals surface area contributed by atoms with Gasteiger partial charge in [0.1, 0.15) is 6.61 Å². The molecular weight excluding hydrogens is 450 g/mol. The first-order valence-electron chi connectivity index (χ1n) is 9.93. The van der Waals surface area contributed by atoms with Crippen LogP contribution in [0.3, 0.4) is 0 Å². The van der Waals surface area contributed by atoms with Crippen molar-refractivity contribution >= 4 is 51.5 Å². The molecule has 0 fully saturated rings. The van der Waals surface area contributed by atoms with E-state index in [1.54, 1.807) is 29.6 Å². The van der Waals surface area contributed by atoms with Crippen LogP contribution in [0.4, 0.5) is 10.8 Å². The molecule has 1 heterocycles. The molecule has 7 nitrogen and oxygen atoms in total. The van der Waals surface area contributed by atoms with E-state index in [0.29, 0.717) is 34.4 Å². The minimum Gasteiger partial charge on any atom is -0.459 e. The average molecular weight is 472 g/mol. The SMILES string of the molecule is CC(=O)N(c1ccccc1)c1nc(COC(=O)CCCNC(=O)c2ccc(Cl)cc2)cs1.